The van der Waals surface area contributed by atoms with Crippen molar-refractivity contribution in [3.63, 3.8) is 0 Å². The molecule has 12 rings (SSSR count). The van der Waals surface area contributed by atoms with E-state index in [4.69, 9.17) is 0 Å². The van der Waals surface area contributed by atoms with E-state index in [0.29, 0.717) is 14.5 Å². The molecule has 1 aliphatic carbocycles. The van der Waals surface area contributed by atoms with Crippen LogP contribution in [0.1, 0.15) is 11.1 Å². The number of benzene rings is 9. The third kappa shape index (κ3) is 5.40. The Bertz CT molecular complexity index is 3350. The molecule has 0 unspecified atom stereocenters. The number of aromatic nitrogens is 1. The van der Waals surface area contributed by atoms with Gasteiger partial charge in [-0.25, -0.2) is 0 Å². The van der Waals surface area contributed by atoms with Crippen LogP contribution in [-0.4, -0.2) is 19.1 Å². The van der Waals surface area contributed by atoms with Gasteiger partial charge in [0.05, 0.1) is 11.0 Å². The van der Waals surface area contributed by atoms with Crippen molar-refractivity contribution in [3.05, 3.63) is 217 Å². The van der Waals surface area contributed by atoms with Crippen molar-refractivity contribution in [1.82, 2.24) is 4.57 Å². The number of hydrogen-bond donors (Lipinski definition) is 0. The fourth-order valence-corrected chi connectivity index (χ4v) is 11.6. The summed E-state index contributed by atoms with van der Waals surface area (Å²) in [7, 11) is 0. The predicted octanol–water partition coefficient (Wildman–Crippen LogP) is 14.5. The summed E-state index contributed by atoms with van der Waals surface area (Å²) in [5, 5.41) is 5.32. The minimum atomic E-state index is 0.337. The van der Waals surface area contributed by atoms with Crippen LogP contribution in [0.3, 0.4) is 0 Å². The Kier molecular flexibility index (Phi) is 7.66. The quantitative estimate of drug-likeness (QED) is 0.152. The molecule has 58 heavy (non-hydrogen) atoms. The Morgan fingerprint density at radius 3 is 1.72 bits per heavy atom. The zero-order valence-electron chi connectivity index (χ0n) is 31.6. The first kappa shape index (κ1) is 33.3. The zero-order chi connectivity index (χ0) is 38.2. The minimum Gasteiger partial charge on any atom is -0.0602 e. The average molecular weight is 804 g/mol. The molecule has 0 saturated carbocycles. The van der Waals surface area contributed by atoms with Crippen molar-refractivity contribution in [3.8, 4) is 39.1 Å². The molecule has 272 valence electrons. The van der Waals surface area contributed by atoms with Gasteiger partial charge in [0, 0.05) is 16.5 Å². The maximum Gasteiger partial charge on any atom is 0.0547 e. The standard InChI is InChI=1S/C55H36N2Se/c1-2-11-42(12-3-1)57-52-16-8-6-14-48(52)49-29-22-38(34-53(49)57)36-18-24-43(25-19-36)56(45-28-31-47-41(33-45)32-40-10-4-5-13-46(40)47)44-26-20-37(21-27-44)39-23-30-51-50-15-7-9-17-54(50)58-55(51)35-39/h1-31,33-35H,32H2. The zero-order valence-corrected chi connectivity index (χ0v) is 33.4. The molecule has 11 aromatic rings. The molecular formula is C55H36N2Se. The van der Waals surface area contributed by atoms with Gasteiger partial charge in [0.15, 0.2) is 0 Å². The second kappa shape index (κ2) is 13.4. The van der Waals surface area contributed by atoms with E-state index in [1.807, 2.05) is 0 Å². The van der Waals surface area contributed by atoms with Crippen molar-refractivity contribution in [2.24, 2.45) is 0 Å². The van der Waals surface area contributed by atoms with Gasteiger partial charge in [0.25, 0.3) is 0 Å². The van der Waals surface area contributed by atoms with Crippen molar-refractivity contribution >= 4 is 72.7 Å². The molecule has 0 aliphatic heterocycles. The van der Waals surface area contributed by atoms with Gasteiger partial charge in [-0.15, -0.1) is 0 Å². The van der Waals surface area contributed by atoms with Crippen LogP contribution in [0.2, 0.25) is 0 Å². The summed E-state index contributed by atoms with van der Waals surface area (Å²) >= 11 is 0.337. The Hall–Kier alpha value is -6.90. The van der Waals surface area contributed by atoms with Gasteiger partial charge >= 0.3 is 199 Å². The topological polar surface area (TPSA) is 8.17 Å². The number of rotatable bonds is 6. The largest absolute Gasteiger partial charge is 0.0602 e. The molecule has 0 fully saturated rings. The van der Waals surface area contributed by atoms with E-state index in [-0.39, 0.29) is 0 Å². The van der Waals surface area contributed by atoms with Crippen molar-refractivity contribution in [2.75, 3.05) is 4.90 Å². The maximum atomic E-state index is 2.41. The molecule has 0 spiro atoms. The number of hydrogen-bond acceptors (Lipinski definition) is 1. The molecule has 0 atom stereocenters. The van der Waals surface area contributed by atoms with Crippen LogP contribution in [0, 0.1) is 0 Å². The number of nitrogens with zero attached hydrogens (tertiary/aromatic N) is 2. The van der Waals surface area contributed by atoms with E-state index in [1.165, 1.54) is 97.0 Å². The first-order chi connectivity index (χ1) is 28.7. The molecule has 3 heteroatoms. The summed E-state index contributed by atoms with van der Waals surface area (Å²) in [4.78, 5) is 2.41. The van der Waals surface area contributed by atoms with Gasteiger partial charge < -0.3 is 4.57 Å². The molecule has 0 N–H and O–H groups in total. The van der Waals surface area contributed by atoms with Crippen LogP contribution in [-0.2, 0) is 6.42 Å². The predicted molar refractivity (Wildman–Crippen MR) is 247 cm³/mol. The Morgan fingerprint density at radius 1 is 0.362 bits per heavy atom. The van der Waals surface area contributed by atoms with Gasteiger partial charge in [-0.3, -0.25) is 0 Å². The van der Waals surface area contributed by atoms with Gasteiger partial charge in [-0.1, -0.05) is 72.8 Å². The van der Waals surface area contributed by atoms with Gasteiger partial charge in [0.1, 0.15) is 0 Å². The van der Waals surface area contributed by atoms with E-state index in [0.717, 1.165) is 17.8 Å². The molecule has 9 aromatic carbocycles. The van der Waals surface area contributed by atoms with Crippen molar-refractivity contribution in [2.45, 2.75) is 6.42 Å². The molecule has 2 nitrogen and oxygen atoms in total. The third-order valence-corrected chi connectivity index (χ3v) is 14.4. The molecular weight excluding hydrogens is 768 g/mol. The van der Waals surface area contributed by atoms with Crippen molar-refractivity contribution in [1.29, 1.82) is 0 Å². The van der Waals surface area contributed by atoms with Crippen molar-refractivity contribution < 1.29 is 0 Å². The Labute approximate surface area is 343 Å². The average Bonchev–Trinajstić information content (AvgIpc) is 3.96. The van der Waals surface area contributed by atoms with Crippen LogP contribution in [0.5, 0.6) is 0 Å². The third-order valence-electron chi connectivity index (χ3n) is 12.0. The van der Waals surface area contributed by atoms with Crippen LogP contribution in [0.4, 0.5) is 17.1 Å². The minimum absolute atomic E-state index is 0.337. The monoisotopic (exact) mass is 804 g/mol. The van der Waals surface area contributed by atoms with E-state index >= 15 is 0 Å². The van der Waals surface area contributed by atoms with E-state index < -0.39 is 0 Å². The number of fused-ring (bicyclic) bond motifs is 9. The van der Waals surface area contributed by atoms with Crippen LogP contribution in [0.25, 0.3) is 80.2 Å². The summed E-state index contributed by atoms with van der Waals surface area (Å²) in [6.45, 7) is 0. The maximum absolute atomic E-state index is 2.41. The molecule has 1 aliphatic rings. The number of para-hydroxylation sites is 2. The summed E-state index contributed by atoms with van der Waals surface area (Å²) < 4.78 is 5.34. The molecule has 0 amide bonds. The number of anilines is 3. The normalized spacial score (nSPS) is 12.1. The Balaban J connectivity index is 0.939. The summed E-state index contributed by atoms with van der Waals surface area (Å²) in [5.74, 6) is 0. The van der Waals surface area contributed by atoms with Gasteiger partial charge in [-0.05, 0) is 41.0 Å². The van der Waals surface area contributed by atoms with E-state index in [2.05, 4.69) is 216 Å². The van der Waals surface area contributed by atoms with Crippen LogP contribution >= 0.6 is 0 Å². The smallest absolute Gasteiger partial charge is 0.0547 e. The fraction of sp³-hybridized carbons (Fsp3) is 0.0182. The Morgan fingerprint density at radius 2 is 0.931 bits per heavy atom. The molecule has 0 bridgehead atoms. The molecule has 2 heterocycles. The SMILES string of the molecule is c1ccc(-n2c3ccccc3c3ccc(-c4ccc(N(c5ccc(-c6ccc7c(c6)[se]c6ccccc67)cc5)c5ccc6c(c5)Cc5ccccc5-6)cc4)cc32)cc1. The summed E-state index contributed by atoms with van der Waals surface area (Å²) in [5.41, 5.74) is 17.4. The second-order valence-electron chi connectivity index (χ2n) is 15.3. The van der Waals surface area contributed by atoms with Crippen LogP contribution < -0.4 is 4.90 Å². The van der Waals surface area contributed by atoms with Crippen LogP contribution in [0.15, 0.2) is 206 Å². The second-order valence-corrected chi connectivity index (χ2v) is 17.6. The van der Waals surface area contributed by atoms with Gasteiger partial charge in [-0.2, -0.15) is 0 Å². The summed E-state index contributed by atoms with van der Waals surface area (Å²) in [6, 6.07) is 76.3. The van der Waals surface area contributed by atoms with E-state index in [9.17, 15) is 0 Å². The fourth-order valence-electron chi connectivity index (χ4n) is 9.23. The first-order valence-corrected chi connectivity index (χ1v) is 21.7. The summed E-state index contributed by atoms with van der Waals surface area (Å²) in [6.07, 6.45) is 0.955. The van der Waals surface area contributed by atoms with E-state index in [1.54, 1.807) is 0 Å². The first-order valence-electron chi connectivity index (χ1n) is 20.0. The molecule has 0 saturated heterocycles. The van der Waals surface area contributed by atoms with Gasteiger partial charge in [0.2, 0.25) is 0 Å². The molecule has 2 aromatic heterocycles. The molecule has 0 radical (unpaired) electrons.